The molecule has 2 rings (SSSR count). The Hall–Kier alpha value is -3.66. The predicted octanol–water partition coefficient (Wildman–Crippen LogP) is 8.28. The molecule has 1 aromatic heterocycles. The molecule has 0 saturated carbocycles. The van der Waals surface area contributed by atoms with Crippen molar-refractivity contribution < 1.29 is 13.9 Å². The lowest BCUT2D eigenvalue weighted by Crippen LogP contribution is -2.55. The Kier molecular flexibility index (Phi) is 20.1. The van der Waals surface area contributed by atoms with Crippen LogP contribution in [0.15, 0.2) is 72.0 Å². The van der Waals surface area contributed by atoms with Crippen molar-refractivity contribution in [2.45, 2.75) is 86.7 Å². The molecule has 1 saturated heterocycles. The predicted molar refractivity (Wildman–Crippen MR) is 176 cm³/mol. The lowest BCUT2D eigenvalue weighted by Gasteiger charge is -2.52. The standard InChI is InChI=1S/C30H45FN4O.C3H6O.C2H2/c1-7-18-30(19-8-2)22-35(23-30)25(6)14-15-26(9-3)20-32-28-16-17-29(34-33-28)36-21-27(10-4)13-11-12-24(5)31;1-3(2)4;1-2/h9-11,13-17,24H,6-8,12,18-23H2,1-5H3,(H,32,33);1-2H3;1-2H/b13-11-,15-14-,26-9+,27-10+;;. The van der Waals surface area contributed by atoms with Crippen molar-refractivity contribution in [2.24, 2.45) is 5.41 Å². The van der Waals surface area contributed by atoms with Crippen molar-refractivity contribution in [3.8, 4) is 18.7 Å². The molecule has 0 amide bonds. The number of likely N-dealkylation sites (tertiary alicyclic amines) is 1. The van der Waals surface area contributed by atoms with Crippen molar-refractivity contribution in [3.63, 3.8) is 0 Å². The summed E-state index contributed by atoms with van der Waals surface area (Å²) < 4.78 is 18.7. The fourth-order valence-corrected chi connectivity index (χ4v) is 4.51. The first kappa shape index (κ1) is 38.3. The van der Waals surface area contributed by atoms with Gasteiger partial charge in [-0.1, -0.05) is 63.6 Å². The first-order valence-corrected chi connectivity index (χ1v) is 14.8. The number of allylic oxidation sites excluding steroid dienone is 4. The highest BCUT2D eigenvalue weighted by atomic mass is 19.1. The molecule has 1 atom stereocenters. The van der Waals surface area contributed by atoms with Crippen LogP contribution < -0.4 is 10.1 Å². The van der Waals surface area contributed by atoms with Gasteiger partial charge in [0.25, 0.3) is 0 Å². The Morgan fingerprint density at radius 1 is 1.10 bits per heavy atom. The van der Waals surface area contributed by atoms with E-state index in [1.54, 1.807) is 13.0 Å². The zero-order valence-electron chi connectivity index (χ0n) is 27.0. The van der Waals surface area contributed by atoms with E-state index in [2.05, 4.69) is 71.9 Å². The second kappa shape index (κ2) is 22.0. The number of carbonyl (C=O) groups is 1. The third-order valence-corrected chi connectivity index (χ3v) is 6.54. The van der Waals surface area contributed by atoms with Crippen molar-refractivity contribution in [2.75, 3.05) is 31.6 Å². The molecule has 0 radical (unpaired) electrons. The van der Waals surface area contributed by atoms with Crippen LogP contribution in [0.1, 0.15) is 80.6 Å². The fourth-order valence-electron chi connectivity index (χ4n) is 4.51. The van der Waals surface area contributed by atoms with Crippen LogP contribution in [-0.4, -0.2) is 53.3 Å². The highest BCUT2D eigenvalue weighted by Gasteiger charge is 2.41. The van der Waals surface area contributed by atoms with Crippen LogP contribution >= 0.6 is 0 Å². The molecule has 0 aromatic carbocycles. The second-order valence-corrected chi connectivity index (χ2v) is 10.6. The van der Waals surface area contributed by atoms with Gasteiger partial charge in [-0.3, -0.25) is 0 Å². The molecule has 0 spiro atoms. The van der Waals surface area contributed by atoms with Crippen molar-refractivity contribution in [3.05, 3.63) is 72.0 Å². The van der Waals surface area contributed by atoms with Gasteiger partial charge >= 0.3 is 0 Å². The number of anilines is 1. The van der Waals surface area contributed by atoms with Crippen LogP contribution in [-0.2, 0) is 4.79 Å². The van der Waals surface area contributed by atoms with Crippen molar-refractivity contribution >= 4 is 11.6 Å². The van der Waals surface area contributed by atoms with Crippen molar-refractivity contribution in [1.29, 1.82) is 0 Å². The number of ketones is 1. The zero-order valence-corrected chi connectivity index (χ0v) is 27.0. The van der Waals surface area contributed by atoms with E-state index in [0.717, 1.165) is 29.9 Å². The van der Waals surface area contributed by atoms with Crippen LogP contribution in [0.3, 0.4) is 0 Å². The van der Waals surface area contributed by atoms with E-state index in [9.17, 15) is 9.18 Å². The van der Waals surface area contributed by atoms with Crippen LogP contribution in [0.4, 0.5) is 10.2 Å². The molecule has 1 fully saturated rings. The van der Waals surface area contributed by atoms with Crippen LogP contribution in [0.5, 0.6) is 5.88 Å². The highest BCUT2D eigenvalue weighted by molar-refractivity contribution is 5.72. The third-order valence-electron chi connectivity index (χ3n) is 6.54. The topological polar surface area (TPSA) is 67.3 Å². The van der Waals surface area contributed by atoms with Crippen molar-refractivity contribution in [1.82, 2.24) is 15.1 Å². The van der Waals surface area contributed by atoms with E-state index in [1.165, 1.54) is 39.5 Å². The quantitative estimate of drug-likeness (QED) is 0.157. The number of nitrogens with zero attached hydrogens (tertiary/aromatic N) is 3. The number of rotatable bonds is 16. The summed E-state index contributed by atoms with van der Waals surface area (Å²) in [5, 5.41) is 11.7. The molecule has 1 N–H and O–H groups in total. The molecular formula is C35H53FN4O2. The van der Waals surface area contributed by atoms with Gasteiger partial charge in [0, 0.05) is 36.8 Å². The Bertz CT molecular complexity index is 1050. The number of nitrogens with one attached hydrogen (secondary N) is 1. The number of hydrogen-bond donors (Lipinski definition) is 1. The zero-order chi connectivity index (χ0) is 32.0. The molecule has 1 aliphatic rings. The van der Waals surface area contributed by atoms with Gasteiger partial charge < -0.3 is 19.7 Å². The normalized spacial score (nSPS) is 15.1. The van der Waals surface area contributed by atoms with Crippen LogP contribution in [0.2, 0.25) is 0 Å². The molecule has 2 heterocycles. The van der Waals surface area contributed by atoms with E-state index in [1.807, 2.05) is 38.1 Å². The van der Waals surface area contributed by atoms with Crippen LogP contribution in [0, 0.1) is 18.3 Å². The molecule has 0 bridgehead atoms. The van der Waals surface area contributed by atoms with Gasteiger partial charge in [0.15, 0.2) is 0 Å². The minimum absolute atomic E-state index is 0.167. The Balaban J connectivity index is 0.00000257. The molecule has 1 aromatic rings. The maximum atomic E-state index is 12.9. The first-order chi connectivity index (χ1) is 20.1. The summed E-state index contributed by atoms with van der Waals surface area (Å²) in [6.45, 7) is 20.7. The van der Waals surface area contributed by atoms with E-state index in [4.69, 9.17) is 4.74 Å². The average molecular weight is 581 g/mol. The monoisotopic (exact) mass is 580 g/mol. The van der Waals surface area contributed by atoms with E-state index in [-0.39, 0.29) is 5.78 Å². The number of aromatic nitrogens is 2. The van der Waals surface area contributed by atoms with E-state index < -0.39 is 6.17 Å². The maximum absolute atomic E-state index is 12.9. The molecule has 232 valence electrons. The lowest BCUT2D eigenvalue weighted by molar-refractivity contribution is -0.115. The number of Topliss-reactive ketones (excluding diaryl/α,β-unsaturated/α-hetero) is 1. The Morgan fingerprint density at radius 2 is 1.69 bits per heavy atom. The summed E-state index contributed by atoms with van der Waals surface area (Å²) in [6.07, 6.45) is 24.6. The molecule has 0 aliphatic carbocycles. The molecule has 1 unspecified atom stereocenters. The fraction of sp³-hybridized carbons (Fsp3) is 0.514. The van der Waals surface area contributed by atoms with Gasteiger partial charge in [0.05, 0.1) is 0 Å². The summed E-state index contributed by atoms with van der Waals surface area (Å²) in [6, 6.07) is 3.65. The number of ether oxygens (including phenoxy) is 1. The Labute approximate surface area is 254 Å². The van der Waals surface area contributed by atoms with Crippen LogP contribution in [0.25, 0.3) is 0 Å². The molecule has 6 nitrogen and oxygen atoms in total. The van der Waals surface area contributed by atoms with Gasteiger partial charge in [-0.25, -0.2) is 4.39 Å². The van der Waals surface area contributed by atoms with E-state index in [0.29, 0.717) is 36.7 Å². The average Bonchev–Trinajstić information content (AvgIpc) is 2.94. The van der Waals surface area contributed by atoms with Gasteiger partial charge in [-0.15, -0.1) is 23.0 Å². The number of carbonyl (C=O) groups excluding carboxylic acids is 1. The number of alkyl halides is 1. The highest BCUT2D eigenvalue weighted by Crippen LogP contribution is 2.41. The molecule has 42 heavy (non-hydrogen) atoms. The van der Waals surface area contributed by atoms with Gasteiger partial charge in [0.2, 0.25) is 5.88 Å². The largest absolute Gasteiger partial charge is 0.472 e. The molecular weight excluding hydrogens is 527 g/mol. The van der Waals surface area contributed by atoms with Gasteiger partial charge in [0.1, 0.15) is 24.4 Å². The van der Waals surface area contributed by atoms with E-state index >= 15 is 0 Å². The second-order valence-electron chi connectivity index (χ2n) is 10.6. The molecule has 1 aliphatic heterocycles. The Morgan fingerprint density at radius 3 is 2.17 bits per heavy atom. The number of hydrogen-bond acceptors (Lipinski definition) is 6. The minimum atomic E-state index is -0.847. The SMILES string of the molecule is C#C.C=C(/C=C\C(=C/C)CNc1ccc(OCC(/C=C\CC(C)F)=C/C)nn1)N1CC(CCC)(CCC)C1.CC(C)=O. The number of terminal acetylenes is 1. The van der Waals surface area contributed by atoms with Gasteiger partial charge in [-0.05, 0) is 77.2 Å². The third kappa shape index (κ3) is 16.0. The smallest absolute Gasteiger partial charge is 0.233 e. The minimum Gasteiger partial charge on any atom is -0.472 e. The number of halogens is 1. The summed E-state index contributed by atoms with van der Waals surface area (Å²) >= 11 is 0. The maximum Gasteiger partial charge on any atom is 0.233 e. The summed E-state index contributed by atoms with van der Waals surface area (Å²) in [4.78, 5) is 11.8. The molecule has 7 heteroatoms. The summed E-state index contributed by atoms with van der Waals surface area (Å²) in [7, 11) is 0. The lowest BCUT2D eigenvalue weighted by atomic mass is 9.72. The van der Waals surface area contributed by atoms with Gasteiger partial charge in [-0.2, -0.15) is 0 Å². The summed E-state index contributed by atoms with van der Waals surface area (Å²) in [5.41, 5.74) is 3.68. The first-order valence-electron chi connectivity index (χ1n) is 14.8. The summed E-state index contributed by atoms with van der Waals surface area (Å²) in [5.74, 6) is 1.30.